The molecule has 37 heavy (non-hydrogen) atoms. The van der Waals surface area contributed by atoms with Crippen LogP contribution in [0.1, 0.15) is 42.0 Å². The molecule has 1 saturated heterocycles. The van der Waals surface area contributed by atoms with Crippen LogP contribution in [0.3, 0.4) is 0 Å². The number of fused-ring (bicyclic) bond motifs is 2. The van der Waals surface area contributed by atoms with Crippen LogP contribution in [0.2, 0.25) is 0 Å². The molecular formula is C27H31N7O2S. The maximum absolute atomic E-state index is 12.9. The third-order valence-corrected chi connectivity index (χ3v) is 7.97. The zero-order chi connectivity index (χ0) is 25.4. The average molecular weight is 518 g/mol. The molecule has 0 aliphatic carbocycles. The Bertz CT molecular complexity index is 1600. The first kappa shape index (κ1) is 23.9. The number of rotatable bonds is 7. The molecular weight excluding hydrogens is 486 g/mol. The quantitative estimate of drug-likeness (QED) is 0.345. The second-order valence-electron chi connectivity index (χ2n) is 9.78. The lowest BCUT2D eigenvalue weighted by molar-refractivity contribution is 0.287. The molecule has 0 radical (unpaired) electrons. The van der Waals surface area contributed by atoms with Crippen molar-refractivity contribution in [3.05, 3.63) is 75.2 Å². The number of nitrogens with zero attached hydrogens (tertiary/aromatic N) is 6. The fraction of sp³-hybridized carbons (Fsp3) is 0.407. The van der Waals surface area contributed by atoms with E-state index in [0.717, 1.165) is 90.2 Å². The minimum Gasteiger partial charge on any atom is -0.464 e. The van der Waals surface area contributed by atoms with Crippen LogP contribution in [0.25, 0.3) is 16.1 Å². The summed E-state index contributed by atoms with van der Waals surface area (Å²) in [6.07, 6.45) is 7.51. The van der Waals surface area contributed by atoms with Crippen LogP contribution in [-0.4, -0.2) is 54.5 Å². The third kappa shape index (κ3) is 4.91. The zero-order valence-electron chi connectivity index (χ0n) is 21.2. The highest BCUT2D eigenvalue weighted by Crippen LogP contribution is 2.23. The molecule has 0 saturated carbocycles. The molecule has 1 unspecified atom stereocenters. The first-order chi connectivity index (χ1) is 18.0. The molecule has 0 bridgehead atoms. The largest absolute Gasteiger partial charge is 0.464 e. The van der Waals surface area contributed by atoms with Crippen LogP contribution in [0.5, 0.6) is 0 Å². The van der Waals surface area contributed by atoms with Crippen molar-refractivity contribution in [1.29, 1.82) is 0 Å². The molecule has 9 nitrogen and oxygen atoms in total. The molecule has 5 aromatic rings. The number of hydrogen-bond acceptors (Lipinski definition) is 8. The smallest absolute Gasteiger partial charge is 0.261 e. The highest BCUT2D eigenvalue weighted by Gasteiger charge is 2.21. The maximum atomic E-state index is 12.9. The van der Waals surface area contributed by atoms with E-state index in [4.69, 9.17) is 9.40 Å². The summed E-state index contributed by atoms with van der Waals surface area (Å²) in [5.74, 6) is 2.62. The zero-order valence-corrected chi connectivity index (χ0v) is 22.0. The second kappa shape index (κ2) is 10.1. The molecule has 0 amide bonds. The van der Waals surface area contributed by atoms with Gasteiger partial charge in [0.05, 0.1) is 6.54 Å². The predicted octanol–water partition coefficient (Wildman–Crippen LogP) is 4.27. The lowest BCUT2D eigenvalue weighted by Gasteiger charge is -2.21. The van der Waals surface area contributed by atoms with E-state index in [-0.39, 0.29) is 5.56 Å². The Labute approximate surface area is 218 Å². The van der Waals surface area contributed by atoms with Crippen LogP contribution >= 0.6 is 11.3 Å². The molecule has 10 heteroatoms. The Morgan fingerprint density at radius 1 is 1.16 bits per heavy atom. The second-order valence-corrected chi connectivity index (χ2v) is 10.7. The summed E-state index contributed by atoms with van der Waals surface area (Å²) in [5, 5.41) is 5.63. The van der Waals surface area contributed by atoms with Crippen molar-refractivity contribution in [2.45, 2.75) is 52.1 Å². The van der Waals surface area contributed by atoms with Gasteiger partial charge in [0.25, 0.3) is 5.56 Å². The van der Waals surface area contributed by atoms with Crippen LogP contribution in [0.4, 0.5) is 5.95 Å². The minimum atomic E-state index is 0.0670. The van der Waals surface area contributed by atoms with Gasteiger partial charge < -0.3 is 14.6 Å². The summed E-state index contributed by atoms with van der Waals surface area (Å²) in [6.45, 7) is 7.35. The van der Waals surface area contributed by atoms with E-state index < -0.39 is 0 Å². The normalized spacial score (nSPS) is 17.0. The van der Waals surface area contributed by atoms with Crippen molar-refractivity contribution in [3.8, 4) is 0 Å². The summed E-state index contributed by atoms with van der Waals surface area (Å²) in [7, 11) is 0. The first-order valence-corrected chi connectivity index (χ1v) is 13.7. The summed E-state index contributed by atoms with van der Waals surface area (Å²) >= 11 is 1.50. The van der Waals surface area contributed by atoms with Gasteiger partial charge in [0.2, 0.25) is 5.95 Å². The summed E-state index contributed by atoms with van der Waals surface area (Å²) in [6, 6.07) is 8.23. The Morgan fingerprint density at radius 2 is 2.08 bits per heavy atom. The molecule has 1 aliphatic heterocycles. The molecule has 192 valence electrons. The molecule has 1 N–H and O–H groups in total. The fourth-order valence-corrected chi connectivity index (χ4v) is 5.98. The molecule has 5 aromatic heterocycles. The van der Waals surface area contributed by atoms with E-state index in [2.05, 4.69) is 24.8 Å². The lowest BCUT2D eigenvalue weighted by atomic mass is 10.1. The Kier molecular flexibility index (Phi) is 6.52. The van der Waals surface area contributed by atoms with Gasteiger partial charge in [-0.2, -0.15) is 0 Å². The summed E-state index contributed by atoms with van der Waals surface area (Å²) in [5.41, 5.74) is 3.47. The lowest BCUT2D eigenvalue weighted by Crippen LogP contribution is -2.31. The van der Waals surface area contributed by atoms with Gasteiger partial charge in [-0.15, -0.1) is 11.3 Å². The molecule has 0 spiro atoms. The number of nitrogens with one attached hydrogen (secondary N) is 1. The molecule has 6 rings (SSSR count). The van der Waals surface area contributed by atoms with E-state index in [1.807, 2.05) is 49.7 Å². The minimum absolute atomic E-state index is 0.0670. The van der Waals surface area contributed by atoms with Crippen molar-refractivity contribution in [1.82, 2.24) is 28.8 Å². The summed E-state index contributed by atoms with van der Waals surface area (Å²) < 4.78 is 9.62. The Balaban J connectivity index is 1.13. The molecule has 1 fully saturated rings. The fourth-order valence-electron chi connectivity index (χ4n) is 5.23. The number of thiazole rings is 1. The summed E-state index contributed by atoms with van der Waals surface area (Å²) in [4.78, 5) is 30.2. The number of aryl methyl sites for hydroxylation is 2. The highest BCUT2D eigenvalue weighted by atomic mass is 32.1. The van der Waals surface area contributed by atoms with Crippen LogP contribution in [-0.2, 0) is 13.0 Å². The molecule has 1 atom stereocenters. The van der Waals surface area contributed by atoms with Crippen molar-refractivity contribution in [2.75, 3.05) is 25.0 Å². The maximum Gasteiger partial charge on any atom is 0.261 e. The van der Waals surface area contributed by atoms with Crippen molar-refractivity contribution in [2.24, 2.45) is 0 Å². The van der Waals surface area contributed by atoms with Gasteiger partial charge in [0, 0.05) is 48.2 Å². The molecule has 6 heterocycles. The van der Waals surface area contributed by atoms with Crippen molar-refractivity contribution < 1.29 is 4.42 Å². The number of pyridine rings is 1. The van der Waals surface area contributed by atoms with Crippen molar-refractivity contribution in [3.63, 3.8) is 0 Å². The average Bonchev–Trinajstić information content (AvgIpc) is 3.56. The number of aromatic nitrogens is 5. The van der Waals surface area contributed by atoms with Crippen LogP contribution < -0.4 is 10.9 Å². The van der Waals surface area contributed by atoms with Gasteiger partial charge in [0.15, 0.2) is 10.6 Å². The van der Waals surface area contributed by atoms with E-state index in [1.54, 1.807) is 10.6 Å². The van der Waals surface area contributed by atoms with E-state index in [9.17, 15) is 4.79 Å². The number of hydrogen-bond donors (Lipinski definition) is 1. The van der Waals surface area contributed by atoms with Gasteiger partial charge in [-0.3, -0.25) is 13.8 Å². The van der Waals surface area contributed by atoms with Crippen LogP contribution in [0.15, 0.2) is 51.3 Å². The van der Waals surface area contributed by atoms with Crippen molar-refractivity contribution >= 4 is 33.4 Å². The third-order valence-electron chi connectivity index (χ3n) is 7.21. The van der Waals surface area contributed by atoms with Gasteiger partial charge in [-0.1, -0.05) is 0 Å². The van der Waals surface area contributed by atoms with E-state index in [0.29, 0.717) is 12.6 Å². The SMILES string of the molecule is Cc1ccc(Cn2c(NC3CCCN(CCc4c(C)nc5sccn5c4=O)CC3)nc3cccnc32)o1. The Hall–Kier alpha value is -3.50. The monoisotopic (exact) mass is 517 g/mol. The number of imidazole rings is 1. The number of furan rings is 1. The highest BCUT2D eigenvalue weighted by molar-refractivity contribution is 7.15. The standard InChI is InChI=1S/C27H31N7O2S/c1-18-7-8-21(36-18)17-34-24-23(6-3-11-28-24)31-26(34)30-20-5-4-12-32(13-9-20)14-10-22-19(2)29-27-33(25(22)35)15-16-37-27/h3,6-8,11,15-16,20H,4-5,9-10,12-14,17H2,1-2H3,(H,30,31). The number of likely N-dealkylation sites (tertiary alicyclic amines) is 1. The number of anilines is 1. The van der Waals surface area contributed by atoms with Gasteiger partial charge in [-0.25, -0.2) is 15.0 Å². The Morgan fingerprint density at radius 3 is 2.95 bits per heavy atom. The van der Waals surface area contributed by atoms with E-state index in [1.165, 1.54) is 11.3 Å². The topological polar surface area (TPSA) is 93.5 Å². The van der Waals surface area contributed by atoms with Gasteiger partial charge in [0.1, 0.15) is 17.0 Å². The first-order valence-electron chi connectivity index (χ1n) is 12.9. The van der Waals surface area contributed by atoms with E-state index >= 15 is 0 Å². The molecule has 0 aromatic carbocycles. The van der Waals surface area contributed by atoms with Gasteiger partial charge >= 0.3 is 0 Å². The molecule has 1 aliphatic rings. The van der Waals surface area contributed by atoms with Crippen LogP contribution in [0, 0.1) is 13.8 Å². The van der Waals surface area contributed by atoms with Gasteiger partial charge in [-0.05, 0) is 70.3 Å². The predicted molar refractivity (Wildman–Crippen MR) is 146 cm³/mol.